The highest BCUT2D eigenvalue weighted by Gasteiger charge is 2.34. The molecule has 24 heavy (non-hydrogen) atoms. The van der Waals surface area contributed by atoms with Gasteiger partial charge in [-0.15, -0.1) is 0 Å². The topological polar surface area (TPSA) is 53.1 Å². The van der Waals surface area contributed by atoms with Gasteiger partial charge in [-0.3, -0.25) is 9.69 Å². The van der Waals surface area contributed by atoms with Crippen LogP contribution in [0.25, 0.3) is 0 Å². The quantitative estimate of drug-likeness (QED) is 0.821. The molecule has 0 aromatic heterocycles. The van der Waals surface area contributed by atoms with Crippen molar-refractivity contribution in [1.29, 1.82) is 0 Å². The van der Waals surface area contributed by atoms with Gasteiger partial charge in [-0.05, 0) is 31.5 Å². The van der Waals surface area contributed by atoms with Crippen LogP contribution in [0.5, 0.6) is 0 Å². The maximum Gasteiger partial charge on any atom is 0.409 e. The molecule has 130 valence electrons. The fourth-order valence-electron chi connectivity index (χ4n) is 3.46. The van der Waals surface area contributed by atoms with Crippen LogP contribution in [0.2, 0.25) is 0 Å². The number of piperazine rings is 1. The van der Waals surface area contributed by atoms with E-state index in [9.17, 15) is 9.59 Å². The molecule has 1 aromatic rings. The van der Waals surface area contributed by atoms with E-state index in [0.717, 1.165) is 13.0 Å². The third-order valence-electron chi connectivity index (χ3n) is 4.89. The van der Waals surface area contributed by atoms with Crippen LogP contribution >= 0.6 is 0 Å². The predicted molar refractivity (Wildman–Crippen MR) is 90.6 cm³/mol. The molecule has 6 nitrogen and oxygen atoms in total. The van der Waals surface area contributed by atoms with E-state index in [-0.39, 0.29) is 18.0 Å². The molecule has 1 fully saturated rings. The molecule has 1 atom stereocenters. The standard InChI is InChI=1S/C18H25N3O3/c1-3-24-18(23)21-10-8-20(9-11-21)17(22)16-12-14-6-4-5-7-15(14)13-19(16)2/h4-7,16H,3,8-13H2,1-2H3. The van der Waals surface area contributed by atoms with E-state index in [2.05, 4.69) is 17.0 Å². The molecule has 3 rings (SSSR count). The fourth-order valence-corrected chi connectivity index (χ4v) is 3.46. The van der Waals surface area contributed by atoms with Crippen molar-refractivity contribution in [2.75, 3.05) is 39.8 Å². The summed E-state index contributed by atoms with van der Waals surface area (Å²) < 4.78 is 5.02. The Balaban J connectivity index is 1.61. The summed E-state index contributed by atoms with van der Waals surface area (Å²) >= 11 is 0. The lowest BCUT2D eigenvalue weighted by Gasteiger charge is -2.39. The van der Waals surface area contributed by atoms with Crippen molar-refractivity contribution in [2.24, 2.45) is 0 Å². The molecule has 0 bridgehead atoms. The van der Waals surface area contributed by atoms with E-state index in [1.807, 2.05) is 24.1 Å². The molecule has 2 amide bonds. The molecule has 1 aromatic carbocycles. The van der Waals surface area contributed by atoms with Crippen LogP contribution < -0.4 is 0 Å². The number of fused-ring (bicyclic) bond motifs is 1. The number of carbonyl (C=O) groups excluding carboxylic acids is 2. The summed E-state index contributed by atoms with van der Waals surface area (Å²) in [5.74, 6) is 0.163. The summed E-state index contributed by atoms with van der Waals surface area (Å²) in [6.07, 6.45) is 0.470. The van der Waals surface area contributed by atoms with E-state index < -0.39 is 0 Å². The van der Waals surface area contributed by atoms with Gasteiger partial charge in [0, 0.05) is 32.7 Å². The number of amides is 2. The second kappa shape index (κ2) is 7.21. The highest BCUT2D eigenvalue weighted by Crippen LogP contribution is 2.23. The lowest BCUT2D eigenvalue weighted by molar-refractivity contribution is -0.138. The van der Waals surface area contributed by atoms with Gasteiger partial charge in [-0.2, -0.15) is 0 Å². The largest absolute Gasteiger partial charge is 0.450 e. The Morgan fingerprint density at radius 3 is 2.38 bits per heavy atom. The van der Waals surface area contributed by atoms with Crippen LogP contribution in [0.4, 0.5) is 4.79 Å². The summed E-state index contributed by atoms with van der Waals surface area (Å²) in [6, 6.07) is 8.20. The van der Waals surface area contributed by atoms with Gasteiger partial charge < -0.3 is 14.5 Å². The van der Waals surface area contributed by atoms with Crippen molar-refractivity contribution < 1.29 is 14.3 Å². The first-order valence-electron chi connectivity index (χ1n) is 8.57. The second-order valence-corrected chi connectivity index (χ2v) is 6.42. The van der Waals surface area contributed by atoms with Gasteiger partial charge >= 0.3 is 6.09 Å². The Hall–Kier alpha value is -2.08. The minimum atomic E-state index is -0.284. The van der Waals surface area contributed by atoms with Crippen LogP contribution in [0.3, 0.4) is 0 Å². The van der Waals surface area contributed by atoms with Crippen molar-refractivity contribution >= 4 is 12.0 Å². The van der Waals surface area contributed by atoms with Gasteiger partial charge in [0.25, 0.3) is 0 Å². The number of nitrogens with zero attached hydrogens (tertiary/aromatic N) is 3. The normalized spacial score (nSPS) is 21.3. The number of benzene rings is 1. The van der Waals surface area contributed by atoms with Gasteiger partial charge in [0.15, 0.2) is 0 Å². The van der Waals surface area contributed by atoms with Gasteiger partial charge in [0.1, 0.15) is 0 Å². The van der Waals surface area contributed by atoms with E-state index >= 15 is 0 Å². The van der Waals surface area contributed by atoms with Crippen molar-refractivity contribution in [3.05, 3.63) is 35.4 Å². The third-order valence-corrected chi connectivity index (χ3v) is 4.89. The number of carbonyl (C=O) groups is 2. The van der Waals surface area contributed by atoms with Crippen LogP contribution in [0.15, 0.2) is 24.3 Å². The average molecular weight is 331 g/mol. The summed E-state index contributed by atoms with van der Waals surface area (Å²) in [7, 11) is 2.01. The van der Waals surface area contributed by atoms with E-state index in [1.54, 1.807) is 11.8 Å². The first kappa shape index (κ1) is 16.8. The molecule has 2 aliphatic rings. The summed E-state index contributed by atoms with van der Waals surface area (Å²) in [6.45, 7) is 5.20. The maximum absolute atomic E-state index is 12.9. The van der Waals surface area contributed by atoms with E-state index in [4.69, 9.17) is 4.74 Å². The second-order valence-electron chi connectivity index (χ2n) is 6.42. The highest BCUT2D eigenvalue weighted by molar-refractivity contribution is 5.83. The van der Waals surface area contributed by atoms with Crippen LogP contribution in [-0.4, -0.2) is 72.6 Å². The summed E-state index contributed by atoms with van der Waals surface area (Å²) in [5.41, 5.74) is 2.57. The monoisotopic (exact) mass is 331 g/mol. The Labute approximate surface area is 143 Å². The van der Waals surface area contributed by atoms with Crippen LogP contribution in [0, 0.1) is 0 Å². The van der Waals surface area contributed by atoms with E-state index in [1.165, 1.54) is 11.1 Å². The Morgan fingerprint density at radius 2 is 1.71 bits per heavy atom. The zero-order valence-corrected chi connectivity index (χ0v) is 14.4. The molecule has 2 aliphatic heterocycles. The lowest BCUT2D eigenvalue weighted by Crippen LogP contribution is -2.56. The van der Waals surface area contributed by atoms with Crippen LogP contribution in [0.1, 0.15) is 18.1 Å². The smallest absolute Gasteiger partial charge is 0.409 e. The first-order valence-corrected chi connectivity index (χ1v) is 8.57. The number of rotatable bonds is 2. The Morgan fingerprint density at radius 1 is 1.08 bits per heavy atom. The number of ether oxygens (including phenoxy) is 1. The van der Waals surface area contributed by atoms with Gasteiger partial charge in [0.05, 0.1) is 12.6 Å². The molecule has 0 spiro atoms. The van der Waals surface area contributed by atoms with E-state index in [0.29, 0.717) is 32.8 Å². The van der Waals surface area contributed by atoms with Crippen LogP contribution in [-0.2, 0) is 22.5 Å². The predicted octanol–water partition coefficient (Wildman–Crippen LogP) is 1.34. The molecule has 2 heterocycles. The van der Waals surface area contributed by atoms with Gasteiger partial charge in [0.2, 0.25) is 5.91 Å². The minimum Gasteiger partial charge on any atom is -0.450 e. The molecule has 1 unspecified atom stereocenters. The molecular weight excluding hydrogens is 306 g/mol. The lowest BCUT2D eigenvalue weighted by atomic mass is 9.93. The average Bonchev–Trinajstić information content (AvgIpc) is 2.61. The van der Waals surface area contributed by atoms with Crippen molar-refractivity contribution in [1.82, 2.24) is 14.7 Å². The molecule has 6 heteroatoms. The molecular formula is C18H25N3O3. The SMILES string of the molecule is CCOC(=O)N1CCN(C(=O)C2Cc3ccccc3CN2C)CC1. The van der Waals surface area contributed by atoms with Crippen molar-refractivity contribution in [2.45, 2.75) is 25.9 Å². The Bertz CT molecular complexity index is 611. The molecule has 0 saturated carbocycles. The highest BCUT2D eigenvalue weighted by atomic mass is 16.6. The number of likely N-dealkylation sites (N-methyl/N-ethyl adjacent to an activating group) is 1. The molecule has 0 radical (unpaired) electrons. The Kier molecular flexibility index (Phi) is 5.04. The minimum absolute atomic E-state index is 0.117. The number of hydrogen-bond donors (Lipinski definition) is 0. The fraction of sp³-hybridized carbons (Fsp3) is 0.556. The van der Waals surface area contributed by atoms with Crippen molar-refractivity contribution in [3.63, 3.8) is 0 Å². The zero-order valence-electron chi connectivity index (χ0n) is 14.4. The molecule has 0 aliphatic carbocycles. The molecule has 1 saturated heterocycles. The molecule has 0 N–H and O–H groups in total. The third kappa shape index (κ3) is 3.38. The van der Waals surface area contributed by atoms with Gasteiger partial charge in [-0.25, -0.2) is 4.79 Å². The first-order chi connectivity index (χ1) is 11.6. The maximum atomic E-state index is 12.9. The van der Waals surface area contributed by atoms with Gasteiger partial charge in [-0.1, -0.05) is 24.3 Å². The summed E-state index contributed by atoms with van der Waals surface area (Å²) in [4.78, 5) is 30.4. The van der Waals surface area contributed by atoms with Crippen molar-refractivity contribution in [3.8, 4) is 0 Å². The summed E-state index contributed by atoms with van der Waals surface area (Å²) in [5, 5.41) is 0. The zero-order chi connectivity index (χ0) is 17.1. The number of hydrogen-bond acceptors (Lipinski definition) is 4.